The number of likely N-dealkylation sites (tertiary alicyclic amines) is 1. The maximum Gasteiger partial charge on any atom is 0.416 e. The third-order valence-corrected chi connectivity index (χ3v) is 3.64. The van der Waals surface area contributed by atoms with Gasteiger partial charge in [0.25, 0.3) is 5.91 Å². The van der Waals surface area contributed by atoms with Gasteiger partial charge in [-0.25, -0.2) is 0 Å². The third-order valence-electron chi connectivity index (χ3n) is 3.64. The summed E-state index contributed by atoms with van der Waals surface area (Å²) in [5.41, 5.74) is 4.86. The van der Waals surface area contributed by atoms with Crippen LogP contribution in [-0.4, -0.2) is 36.5 Å². The normalized spacial score (nSPS) is 17.8. The van der Waals surface area contributed by atoms with Crippen molar-refractivity contribution in [2.75, 3.05) is 19.7 Å². The maximum absolute atomic E-state index is 12.9. The van der Waals surface area contributed by atoms with E-state index in [1.54, 1.807) is 0 Å². The van der Waals surface area contributed by atoms with Gasteiger partial charge in [-0.2, -0.15) is 13.2 Å². The molecule has 1 atom stereocenters. The molecule has 1 fully saturated rings. The number of halogens is 4. The van der Waals surface area contributed by atoms with Gasteiger partial charge in [-0.15, -0.1) is 12.4 Å². The Bertz CT molecular complexity index is 593. The quantitative estimate of drug-likeness (QED) is 0.834. The molecular formula is C16H20ClF3N2O2. The Hall–Kier alpha value is -1.73. The molecule has 24 heavy (non-hydrogen) atoms. The molecule has 8 heteroatoms. The van der Waals surface area contributed by atoms with Crippen LogP contribution in [0.1, 0.15) is 28.8 Å². The van der Waals surface area contributed by atoms with Crippen LogP contribution in [0.15, 0.2) is 30.9 Å². The van der Waals surface area contributed by atoms with E-state index < -0.39 is 17.6 Å². The number of alkyl halides is 3. The lowest BCUT2D eigenvalue weighted by Crippen LogP contribution is -2.45. The predicted molar refractivity (Wildman–Crippen MR) is 87.5 cm³/mol. The van der Waals surface area contributed by atoms with Gasteiger partial charge in [0, 0.05) is 19.1 Å². The highest BCUT2D eigenvalue weighted by Crippen LogP contribution is 2.33. The van der Waals surface area contributed by atoms with Crippen LogP contribution in [0, 0.1) is 0 Å². The topological polar surface area (TPSA) is 55.6 Å². The van der Waals surface area contributed by atoms with E-state index in [1.807, 2.05) is 0 Å². The Labute approximate surface area is 144 Å². The second-order valence-electron chi connectivity index (χ2n) is 5.46. The molecule has 0 saturated carbocycles. The van der Waals surface area contributed by atoms with Gasteiger partial charge in [0.15, 0.2) is 0 Å². The highest BCUT2D eigenvalue weighted by Gasteiger charge is 2.33. The average molecular weight is 365 g/mol. The van der Waals surface area contributed by atoms with Crippen molar-refractivity contribution in [1.82, 2.24) is 4.90 Å². The molecule has 0 radical (unpaired) electrons. The van der Waals surface area contributed by atoms with Crippen molar-refractivity contribution in [3.63, 3.8) is 0 Å². The number of carbonyl (C=O) groups is 1. The zero-order valence-electron chi connectivity index (χ0n) is 13.0. The summed E-state index contributed by atoms with van der Waals surface area (Å²) in [6.45, 7) is 4.40. The number of rotatable bonds is 4. The van der Waals surface area contributed by atoms with Crippen molar-refractivity contribution < 1.29 is 22.7 Å². The van der Waals surface area contributed by atoms with Crippen molar-refractivity contribution in [3.05, 3.63) is 42.0 Å². The van der Waals surface area contributed by atoms with Crippen molar-refractivity contribution in [2.24, 2.45) is 5.73 Å². The molecular weight excluding hydrogens is 345 g/mol. The second-order valence-corrected chi connectivity index (χ2v) is 5.46. The van der Waals surface area contributed by atoms with E-state index in [9.17, 15) is 18.0 Å². The van der Waals surface area contributed by atoms with Gasteiger partial charge in [0.2, 0.25) is 0 Å². The number of amides is 1. The van der Waals surface area contributed by atoms with E-state index in [0.29, 0.717) is 13.1 Å². The fraction of sp³-hybridized carbons (Fsp3) is 0.438. The predicted octanol–water partition coefficient (Wildman–Crippen LogP) is 3.26. The van der Waals surface area contributed by atoms with E-state index in [1.165, 1.54) is 17.0 Å². The Morgan fingerprint density at radius 1 is 1.46 bits per heavy atom. The summed E-state index contributed by atoms with van der Waals surface area (Å²) < 4.78 is 44.1. The van der Waals surface area contributed by atoms with Crippen LogP contribution in [0.5, 0.6) is 5.75 Å². The highest BCUT2D eigenvalue weighted by molar-refractivity contribution is 5.97. The fourth-order valence-corrected chi connectivity index (χ4v) is 2.51. The van der Waals surface area contributed by atoms with E-state index >= 15 is 0 Å². The van der Waals surface area contributed by atoms with Crippen LogP contribution in [0.3, 0.4) is 0 Å². The summed E-state index contributed by atoms with van der Waals surface area (Å²) in [7, 11) is 0. The second kappa shape index (κ2) is 8.39. The van der Waals surface area contributed by atoms with Crippen molar-refractivity contribution >= 4 is 18.3 Å². The number of benzene rings is 1. The SMILES string of the molecule is C=CCOc1ccc(C(F)(F)F)cc1C(=O)N1CCCC(N)C1.Cl. The molecule has 134 valence electrons. The highest BCUT2D eigenvalue weighted by atomic mass is 35.5. The minimum atomic E-state index is -4.52. The first kappa shape index (κ1) is 20.3. The molecule has 0 aromatic heterocycles. The number of ether oxygens (including phenoxy) is 1. The molecule has 0 bridgehead atoms. The van der Waals surface area contributed by atoms with Crippen LogP contribution >= 0.6 is 12.4 Å². The van der Waals surface area contributed by atoms with Gasteiger partial charge in [-0.05, 0) is 31.0 Å². The van der Waals surface area contributed by atoms with Crippen molar-refractivity contribution in [3.8, 4) is 5.75 Å². The zero-order valence-corrected chi connectivity index (χ0v) is 13.8. The summed E-state index contributed by atoms with van der Waals surface area (Å²) in [5.74, 6) is -0.382. The molecule has 4 nitrogen and oxygen atoms in total. The Balaban J connectivity index is 0.00000288. The molecule has 1 aromatic carbocycles. The van der Waals surface area contributed by atoms with Crippen molar-refractivity contribution in [2.45, 2.75) is 25.1 Å². The van der Waals surface area contributed by atoms with Gasteiger partial charge < -0.3 is 15.4 Å². The number of piperidine rings is 1. The zero-order chi connectivity index (χ0) is 17.0. The van der Waals surface area contributed by atoms with E-state index in [-0.39, 0.29) is 36.4 Å². The van der Waals surface area contributed by atoms with Gasteiger partial charge in [-0.1, -0.05) is 12.7 Å². The number of hydrogen-bond acceptors (Lipinski definition) is 3. The fourth-order valence-electron chi connectivity index (χ4n) is 2.51. The lowest BCUT2D eigenvalue weighted by atomic mass is 10.0. The molecule has 1 aliphatic heterocycles. The standard InChI is InChI=1S/C16H19F3N2O2.ClH/c1-2-8-23-14-6-5-11(16(17,18)19)9-13(14)15(22)21-7-3-4-12(20)10-21;/h2,5-6,9,12H,1,3-4,7-8,10,20H2;1H. The van der Waals surface area contributed by atoms with Crippen LogP contribution < -0.4 is 10.5 Å². The Kier molecular flexibility index (Phi) is 7.10. The maximum atomic E-state index is 12.9. The molecule has 1 saturated heterocycles. The summed E-state index contributed by atoms with van der Waals surface area (Å²) in [6, 6.07) is 2.75. The first-order valence-electron chi connectivity index (χ1n) is 7.32. The average Bonchev–Trinajstić information content (AvgIpc) is 2.51. The van der Waals surface area contributed by atoms with Crippen LogP contribution in [0.2, 0.25) is 0 Å². The van der Waals surface area contributed by atoms with Gasteiger partial charge in [-0.3, -0.25) is 4.79 Å². The van der Waals surface area contributed by atoms with Crippen LogP contribution in [-0.2, 0) is 6.18 Å². The molecule has 2 rings (SSSR count). The molecule has 1 unspecified atom stereocenters. The first-order valence-corrected chi connectivity index (χ1v) is 7.32. The molecule has 2 N–H and O–H groups in total. The first-order chi connectivity index (χ1) is 10.8. The molecule has 1 amide bonds. The summed E-state index contributed by atoms with van der Waals surface area (Å²) >= 11 is 0. The Morgan fingerprint density at radius 2 is 2.17 bits per heavy atom. The summed E-state index contributed by atoms with van der Waals surface area (Å²) in [5, 5.41) is 0. The molecule has 1 heterocycles. The molecule has 1 aliphatic rings. The smallest absolute Gasteiger partial charge is 0.416 e. The lowest BCUT2D eigenvalue weighted by Gasteiger charge is -2.31. The minimum absolute atomic E-state index is 0. The Morgan fingerprint density at radius 3 is 2.75 bits per heavy atom. The summed E-state index contributed by atoms with van der Waals surface area (Å²) in [4.78, 5) is 14.1. The van der Waals surface area contributed by atoms with Gasteiger partial charge in [0.05, 0.1) is 11.1 Å². The van der Waals surface area contributed by atoms with Crippen LogP contribution in [0.4, 0.5) is 13.2 Å². The largest absolute Gasteiger partial charge is 0.489 e. The minimum Gasteiger partial charge on any atom is -0.489 e. The van der Waals surface area contributed by atoms with Gasteiger partial charge >= 0.3 is 6.18 Å². The number of hydrogen-bond donors (Lipinski definition) is 1. The number of carbonyl (C=O) groups excluding carboxylic acids is 1. The summed E-state index contributed by atoms with van der Waals surface area (Å²) in [6.07, 6.45) is -1.53. The molecule has 0 aliphatic carbocycles. The van der Waals surface area contributed by atoms with E-state index in [0.717, 1.165) is 25.0 Å². The number of nitrogens with zero attached hydrogens (tertiary/aromatic N) is 1. The monoisotopic (exact) mass is 364 g/mol. The van der Waals surface area contributed by atoms with Crippen LogP contribution in [0.25, 0.3) is 0 Å². The van der Waals surface area contributed by atoms with E-state index in [4.69, 9.17) is 10.5 Å². The molecule has 1 aromatic rings. The third kappa shape index (κ3) is 4.88. The van der Waals surface area contributed by atoms with Crippen molar-refractivity contribution in [1.29, 1.82) is 0 Å². The molecule has 0 spiro atoms. The van der Waals surface area contributed by atoms with Gasteiger partial charge in [0.1, 0.15) is 12.4 Å². The lowest BCUT2D eigenvalue weighted by molar-refractivity contribution is -0.137. The number of nitrogens with two attached hydrogens (primary N) is 1. The van der Waals surface area contributed by atoms with E-state index in [2.05, 4.69) is 6.58 Å².